The van der Waals surface area contributed by atoms with Crippen LogP contribution in [-0.4, -0.2) is 35.5 Å². The van der Waals surface area contributed by atoms with Gasteiger partial charge in [-0.2, -0.15) is 8.78 Å². The maximum absolute atomic E-state index is 13.0. The maximum atomic E-state index is 13.0. The van der Waals surface area contributed by atoms with Crippen molar-refractivity contribution in [3.05, 3.63) is 76.6 Å². The molecular weight excluding hydrogens is 494 g/mol. The molecule has 0 fully saturated rings. The number of benzene rings is 2. The van der Waals surface area contributed by atoms with Crippen LogP contribution >= 0.6 is 22.9 Å². The number of halogens is 3. The highest BCUT2D eigenvalue weighted by molar-refractivity contribution is 7.92. The summed E-state index contributed by atoms with van der Waals surface area (Å²) in [5.74, 6) is -0.234. The normalized spacial score (nSPS) is 11.6. The molecule has 2 heterocycles. The van der Waals surface area contributed by atoms with Crippen molar-refractivity contribution in [1.82, 2.24) is 14.8 Å². The van der Waals surface area contributed by atoms with Gasteiger partial charge in [0.1, 0.15) is 5.75 Å². The van der Waals surface area contributed by atoms with Crippen molar-refractivity contribution < 1.29 is 21.9 Å². The van der Waals surface area contributed by atoms with Crippen molar-refractivity contribution in [2.24, 2.45) is 0 Å². The fourth-order valence-electron chi connectivity index (χ4n) is 3.07. The molecule has 172 valence electrons. The third-order valence-electron chi connectivity index (χ3n) is 4.55. The van der Waals surface area contributed by atoms with E-state index < -0.39 is 16.6 Å². The minimum atomic E-state index is -3.86. The van der Waals surface area contributed by atoms with E-state index in [-0.39, 0.29) is 35.4 Å². The lowest BCUT2D eigenvalue weighted by molar-refractivity contribution is -0.0498. The van der Waals surface area contributed by atoms with Gasteiger partial charge in [-0.3, -0.25) is 9.29 Å². The van der Waals surface area contributed by atoms with Crippen LogP contribution in [0.5, 0.6) is 5.75 Å². The molecule has 33 heavy (non-hydrogen) atoms. The average molecular weight is 511 g/mol. The molecule has 0 aliphatic heterocycles. The molecule has 0 saturated carbocycles. The first kappa shape index (κ1) is 23.1. The highest BCUT2D eigenvalue weighted by Gasteiger charge is 2.23. The van der Waals surface area contributed by atoms with Crippen molar-refractivity contribution in [2.45, 2.75) is 13.0 Å². The van der Waals surface area contributed by atoms with Gasteiger partial charge in [0.05, 0.1) is 16.3 Å². The molecule has 0 atom stereocenters. The van der Waals surface area contributed by atoms with Crippen LogP contribution in [0, 0.1) is 0 Å². The summed E-state index contributed by atoms with van der Waals surface area (Å²) in [6.07, 6.45) is 0.240. The summed E-state index contributed by atoms with van der Waals surface area (Å²) in [6, 6.07) is 16.4. The molecule has 0 radical (unpaired) electrons. The Morgan fingerprint density at radius 2 is 1.82 bits per heavy atom. The Morgan fingerprint density at radius 1 is 1.06 bits per heavy atom. The summed E-state index contributed by atoms with van der Waals surface area (Å²) in [4.78, 5) is 0.668. The van der Waals surface area contributed by atoms with Crippen molar-refractivity contribution >= 4 is 38.9 Å². The van der Waals surface area contributed by atoms with Crippen LogP contribution in [-0.2, 0) is 16.4 Å². The van der Waals surface area contributed by atoms with Gasteiger partial charge in [-0.15, -0.1) is 21.5 Å². The number of ether oxygens (including phenoxy) is 1. The first-order valence-corrected chi connectivity index (χ1v) is 12.5. The molecule has 7 nitrogen and oxygen atoms in total. The van der Waals surface area contributed by atoms with Crippen LogP contribution in [0.4, 0.5) is 14.7 Å². The Labute approximate surface area is 197 Å². The van der Waals surface area contributed by atoms with Crippen LogP contribution < -0.4 is 9.46 Å². The fourth-order valence-corrected chi connectivity index (χ4v) is 4.92. The number of sulfonamides is 1. The van der Waals surface area contributed by atoms with Crippen LogP contribution in [0.1, 0.15) is 5.56 Å². The Bertz CT molecular complexity index is 1330. The Kier molecular flexibility index (Phi) is 6.91. The van der Waals surface area contributed by atoms with E-state index in [0.29, 0.717) is 9.90 Å². The maximum Gasteiger partial charge on any atom is 0.387 e. The minimum Gasteiger partial charge on any atom is -0.433 e. The highest BCUT2D eigenvalue weighted by Crippen LogP contribution is 2.33. The molecule has 1 N–H and O–H groups in total. The van der Waals surface area contributed by atoms with Gasteiger partial charge >= 0.3 is 6.61 Å². The predicted molar refractivity (Wildman–Crippen MR) is 124 cm³/mol. The smallest absolute Gasteiger partial charge is 0.387 e. The number of thiophene rings is 1. The number of alkyl halides is 2. The Morgan fingerprint density at radius 3 is 2.52 bits per heavy atom. The molecule has 0 saturated heterocycles. The lowest BCUT2D eigenvalue weighted by Crippen LogP contribution is -2.21. The zero-order chi connectivity index (χ0) is 23.4. The first-order chi connectivity index (χ1) is 15.8. The third-order valence-corrected chi connectivity index (χ3v) is 6.90. The number of anilines is 1. The van der Waals surface area contributed by atoms with Gasteiger partial charge in [0, 0.05) is 5.02 Å². The molecule has 4 rings (SSSR count). The monoisotopic (exact) mass is 510 g/mol. The molecule has 0 unspecified atom stereocenters. The van der Waals surface area contributed by atoms with E-state index in [9.17, 15) is 17.2 Å². The van der Waals surface area contributed by atoms with E-state index in [2.05, 4.69) is 19.7 Å². The second kappa shape index (κ2) is 9.86. The quantitative estimate of drug-likeness (QED) is 0.333. The number of hydrogen-bond acceptors (Lipinski definition) is 6. The molecule has 0 aliphatic carbocycles. The summed E-state index contributed by atoms with van der Waals surface area (Å²) in [5, 5.41) is 10.5. The van der Waals surface area contributed by atoms with Gasteiger partial charge in [-0.1, -0.05) is 41.9 Å². The van der Waals surface area contributed by atoms with Crippen LogP contribution in [0.25, 0.3) is 16.4 Å². The third kappa shape index (κ3) is 5.67. The number of rotatable bonds is 9. The van der Waals surface area contributed by atoms with Crippen LogP contribution in [0.2, 0.25) is 5.02 Å². The zero-order valence-electron chi connectivity index (χ0n) is 16.9. The lowest BCUT2D eigenvalue weighted by atomic mass is 10.2. The van der Waals surface area contributed by atoms with Gasteiger partial charge in [0.15, 0.2) is 5.82 Å². The summed E-state index contributed by atoms with van der Waals surface area (Å²) in [7, 11) is -3.86. The van der Waals surface area contributed by atoms with Crippen LogP contribution in [0.3, 0.4) is 0 Å². The lowest BCUT2D eigenvalue weighted by Gasteiger charge is -2.15. The molecular formula is C21H17ClF2N4O3S2. The molecule has 0 bridgehead atoms. The number of nitrogens with zero attached hydrogens (tertiary/aromatic N) is 3. The van der Waals surface area contributed by atoms with Crippen LogP contribution in [0.15, 0.2) is 66.0 Å². The molecule has 2 aromatic heterocycles. The predicted octanol–water partition coefficient (Wildman–Crippen LogP) is 5.24. The largest absolute Gasteiger partial charge is 0.433 e. The SMILES string of the molecule is O=S(=O)(CCc1ccc(Cl)cc1)Nc1nnc(-c2cccs2)n1-c1ccccc1OC(F)F. The standard InChI is InChI=1S/C21H17ClF2N4O3S2/c22-15-9-7-14(8-10-15)11-13-33(29,30)27-21-26-25-19(18-6-3-12-32-18)28(21)16-4-1-2-5-17(16)31-20(23)24/h1-10,12,20H,11,13H2,(H,26,27). The van der Waals surface area contributed by atoms with Gasteiger partial charge in [0.2, 0.25) is 16.0 Å². The number of aryl methyl sites for hydroxylation is 1. The van der Waals surface area contributed by atoms with Gasteiger partial charge in [0.25, 0.3) is 0 Å². The molecule has 12 heteroatoms. The number of nitrogens with one attached hydrogen (secondary N) is 1. The Balaban J connectivity index is 1.69. The topological polar surface area (TPSA) is 86.1 Å². The van der Waals surface area contributed by atoms with E-state index in [0.717, 1.165) is 5.56 Å². The van der Waals surface area contributed by atoms with Crippen molar-refractivity contribution in [3.8, 4) is 22.1 Å². The minimum absolute atomic E-state index is 0.139. The summed E-state index contributed by atoms with van der Waals surface area (Å²) in [5.41, 5.74) is 0.961. The summed E-state index contributed by atoms with van der Waals surface area (Å²) < 4.78 is 60.0. The van der Waals surface area contributed by atoms with Crippen molar-refractivity contribution in [2.75, 3.05) is 10.5 Å². The second-order valence-electron chi connectivity index (χ2n) is 6.80. The Hall–Kier alpha value is -3.02. The van der Waals surface area contributed by atoms with E-state index in [1.807, 2.05) is 5.38 Å². The van der Waals surface area contributed by atoms with E-state index >= 15 is 0 Å². The van der Waals surface area contributed by atoms with Crippen molar-refractivity contribution in [1.29, 1.82) is 0 Å². The summed E-state index contributed by atoms with van der Waals surface area (Å²) >= 11 is 7.21. The summed E-state index contributed by atoms with van der Waals surface area (Å²) in [6.45, 7) is -3.06. The molecule has 4 aromatic rings. The number of aromatic nitrogens is 3. The van der Waals surface area contributed by atoms with Gasteiger partial charge < -0.3 is 4.74 Å². The number of hydrogen-bond donors (Lipinski definition) is 1. The van der Waals surface area contributed by atoms with E-state index in [1.165, 1.54) is 34.1 Å². The highest BCUT2D eigenvalue weighted by atomic mass is 35.5. The number of para-hydroxylation sites is 2. The molecule has 0 spiro atoms. The molecule has 0 aliphatic rings. The zero-order valence-corrected chi connectivity index (χ0v) is 19.2. The van der Waals surface area contributed by atoms with Gasteiger partial charge in [-0.05, 0) is 47.7 Å². The van der Waals surface area contributed by atoms with Gasteiger partial charge in [-0.25, -0.2) is 8.42 Å². The molecule has 2 aromatic carbocycles. The fraction of sp³-hybridized carbons (Fsp3) is 0.143. The van der Waals surface area contributed by atoms with E-state index in [4.69, 9.17) is 11.6 Å². The first-order valence-electron chi connectivity index (χ1n) is 9.61. The average Bonchev–Trinajstić information content (AvgIpc) is 3.43. The van der Waals surface area contributed by atoms with Crippen molar-refractivity contribution in [3.63, 3.8) is 0 Å². The van der Waals surface area contributed by atoms with E-state index in [1.54, 1.807) is 42.5 Å². The molecule has 0 amide bonds. The second-order valence-corrected chi connectivity index (χ2v) is 10.0.